The van der Waals surface area contributed by atoms with Gasteiger partial charge < -0.3 is 0 Å². The second-order valence-electron chi connectivity index (χ2n) is 6.98. The van der Waals surface area contributed by atoms with Gasteiger partial charge in [-0.1, -0.05) is 0 Å². The molecule has 0 saturated carbocycles. The molecule has 0 aliphatic carbocycles. The number of hydrogen-bond donors (Lipinski definition) is 0. The standard InChI is InChI=1S/C7H11O.3C4H9.Sn/c1-2-7-4-3-5-8-6-7;3*1-3-4-2;/h3,7H,2,4,6H2,1H3;3*1,3-4H2,2H3;/t7-;;;;/m1..../s1. The molecule has 21 heavy (non-hydrogen) atoms. The summed E-state index contributed by atoms with van der Waals surface area (Å²) < 4.78 is 12.6. The van der Waals surface area contributed by atoms with E-state index < -0.39 is 18.4 Å². The summed E-state index contributed by atoms with van der Waals surface area (Å²) in [6, 6.07) is 0. The van der Waals surface area contributed by atoms with Gasteiger partial charge in [0.05, 0.1) is 0 Å². The minimum atomic E-state index is -2.24. The third-order valence-electron chi connectivity index (χ3n) is 5.24. The van der Waals surface area contributed by atoms with Crippen molar-refractivity contribution in [2.45, 2.75) is 92.4 Å². The molecule has 0 aromatic heterocycles. The van der Waals surface area contributed by atoms with Crippen LogP contribution < -0.4 is 0 Å². The Bertz CT molecular complexity index is 276. The van der Waals surface area contributed by atoms with Crippen LogP contribution in [-0.4, -0.2) is 25.0 Å². The number of unbranched alkanes of at least 4 members (excludes halogenated alkanes) is 3. The molecule has 0 amide bonds. The summed E-state index contributed by atoms with van der Waals surface area (Å²) in [5.41, 5.74) is 0. The molecule has 0 radical (unpaired) electrons. The molecule has 1 atom stereocenters. The number of allylic oxidation sites excluding steroid dienone is 1. The Morgan fingerprint density at radius 2 is 1.48 bits per heavy atom. The first-order valence-electron chi connectivity index (χ1n) is 9.55. The Hall–Kier alpha value is 0.339. The summed E-state index contributed by atoms with van der Waals surface area (Å²) in [6.45, 7) is 10.3. The Labute approximate surface area is 137 Å². The monoisotopic (exact) mass is 402 g/mol. The van der Waals surface area contributed by atoms with Gasteiger partial charge in [-0.05, 0) is 0 Å². The molecule has 1 aliphatic rings. The third kappa shape index (κ3) is 6.15. The molecule has 0 aromatic carbocycles. The molecular formula is C19H38OSn. The second-order valence-corrected chi connectivity index (χ2v) is 20.0. The molecule has 0 unspecified atom stereocenters. The maximum absolute atomic E-state index is 6.39. The molecule has 0 fully saturated rings. The van der Waals surface area contributed by atoms with E-state index in [4.69, 9.17) is 4.74 Å². The number of rotatable bonds is 11. The minimum absolute atomic E-state index is 0.779. The summed E-state index contributed by atoms with van der Waals surface area (Å²) in [4.78, 5) is 0. The molecule has 124 valence electrons. The molecule has 0 N–H and O–H groups in total. The van der Waals surface area contributed by atoms with Gasteiger partial charge in [0, 0.05) is 0 Å². The first-order valence-corrected chi connectivity index (χ1v) is 17.0. The van der Waals surface area contributed by atoms with Gasteiger partial charge in [0.1, 0.15) is 0 Å². The molecular weight excluding hydrogens is 363 g/mol. The molecule has 1 nitrogen and oxygen atoms in total. The van der Waals surface area contributed by atoms with Gasteiger partial charge in [-0.3, -0.25) is 0 Å². The van der Waals surface area contributed by atoms with Crippen LogP contribution in [0, 0.1) is 5.92 Å². The first kappa shape index (κ1) is 19.4. The Balaban J connectivity index is 2.87. The van der Waals surface area contributed by atoms with Gasteiger partial charge in [0.25, 0.3) is 0 Å². The average Bonchev–Trinajstić information content (AvgIpc) is 2.55. The summed E-state index contributed by atoms with van der Waals surface area (Å²) in [6.07, 6.45) is 13.4. The SMILES string of the molecule is CCC[CH2][Sn]([CH2]CCC)([CH2]CCC)[C]1=CC[C@@H](CC)CO1. The topological polar surface area (TPSA) is 9.23 Å². The van der Waals surface area contributed by atoms with E-state index in [9.17, 15) is 0 Å². The van der Waals surface area contributed by atoms with Crippen molar-refractivity contribution >= 4 is 18.4 Å². The van der Waals surface area contributed by atoms with Gasteiger partial charge in [-0.15, -0.1) is 0 Å². The van der Waals surface area contributed by atoms with Gasteiger partial charge in [-0.25, -0.2) is 0 Å². The van der Waals surface area contributed by atoms with Crippen LogP contribution in [0.25, 0.3) is 0 Å². The Morgan fingerprint density at radius 3 is 1.81 bits per heavy atom. The van der Waals surface area contributed by atoms with Crippen molar-refractivity contribution in [2.24, 2.45) is 5.92 Å². The number of hydrogen-bond acceptors (Lipinski definition) is 1. The first-order chi connectivity index (χ1) is 10.2. The fourth-order valence-corrected chi connectivity index (χ4v) is 19.3. The van der Waals surface area contributed by atoms with Gasteiger partial charge >= 0.3 is 138 Å². The predicted molar refractivity (Wildman–Crippen MR) is 97.3 cm³/mol. The van der Waals surface area contributed by atoms with Crippen LogP contribution in [0.5, 0.6) is 0 Å². The van der Waals surface area contributed by atoms with E-state index in [-0.39, 0.29) is 0 Å². The molecule has 0 aromatic rings. The predicted octanol–water partition coefficient (Wildman–Crippen LogP) is 6.71. The quantitative estimate of drug-likeness (QED) is 0.350. The average molecular weight is 401 g/mol. The van der Waals surface area contributed by atoms with E-state index in [1.54, 1.807) is 3.78 Å². The fourth-order valence-electron chi connectivity index (χ4n) is 3.55. The van der Waals surface area contributed by atoms with E-state index in [2.05, 4.69) is 33.8 Å². The van der Waals surface area contributed by atoms with Gasteiger partial charge in [0.15, 0.2) is 0 Å². The Kier molecular flexibility index (Phi) is 10.1. The van der Waals surface area contributed by atoms with Crippen LogP contribution >= 0.6 is 0 Å². The van der Waals surface area contributed by atoms with Crippen LogP contribution in [0.3, 0.4) is 0 Å². The zero-order chi connectivity index (χ0) is 15.6. The van der Waals surface area contributed by atoms with Gasteiger partial charge in [0.2, 0.25) is 0 Å². The summed E-state index contributed by atoms with van der Waals surface area (Å²) in [7, 11) is 0. The van der Waals surface area contributed by atoms with E-state index in [0.29, 0.717) is 0 Å². The summed E-state index contributed by atoms with van der Waals surface area (Å²) >= 11 is -2.24. The van der Waals surface area contributed by atoms with Crippen LogP contribution in [0.2, 0.25) is 13.3 Å². The zero-order valence-corrected chi connectivity index (χ0v) is 17.9. The molecule has 0 bridgehead atoms. The van der Waals surface area contributed by atoms with Crippen molar-refractivity contribution in [3.8, 4) is 0 Å². The van der Waals surface area contributed by atoms with Crippen LogP contribution in [0.15, 0.2) is 9.85 Å². The van der Waals surface area contributed by atoms with Gasteiger partial charge in [-0.2, -0.15) is 0 Å². The second kappa shape index (κ2) is 11.0. The molecule has 2 heteroatoms. The van der Waals surface area contributed by atoms with Crippen molar-refractivity contribution in [2.75, 3.05) is 6.61 Å². The van der Waals surface area contributed by atoms with Crippen molar-refractivity contribution in [3.05, 3.63) is 9.85 Å². The van der Waals surface area contributed by atoms with Crippen LogP contribution in [-0.2, 0) is 4.74 Å². The summed E-state index contributed by atoms with van der Waals surface area (Å²) in [5.74, 6) is 0.779. The Morgan fingerprint density at radius 1 is 0.952 bits per heavy atom. The van der Waals surface area contributed by atoms with Crippen LogP contribution in [0.4, 0.5) is 0 Å². The van der Waals surface area contributed by atoms with Crippen molar-refractivity contribution < 1.29 is 4.74 Å². The molecule has 1 heterocycles. The van der Waals surface area contributed by atoms with Crippen LogP contribution in [0.1, 0.15) is 79.1 Å². The molecule has 0 spiro atoms. The summed E-state index contributed by atoms with van der Waals surface area (Å²) in [5, 5.41) is 0. The zero-order valence-electron chi connectivity index (χ0n) is 15.0. The fraction of sp³-hybridized carbons (Fsp3) is 0.895. The number of ether oxygens (including phenoxy) is 1. The van der Waals surface area contributed by atoms with E-state index in [1.165, 1.54) is 64.7 Å². The van der Waals surface area contributed by atoms with E-state index >= 15 is 0 Å². The van der Waals surface area contributed by atoms with E-state index in [1.807, 2.05) is 0 Å². The molecule has 1 rings (SSSR count). The van der Waals surface area contributed by atoms with Crippen molar-refractivity contribution in [1.29, 1.82) is 0 Å². The van der Waals surface area contributed by atoms with Crippen molar-refractivity contribution in [1.82, 2.24) is 0 Å². The van der Waals surface area contributed by atoms with E-state index in [0.717, 1.165) is 12.5 Å². The maximum atomic E-state index is 6.39. The molecule has 0 saturated heterocycles. The normalized spacial score (nSPS) is 19.2. The van der Waals surface area contributed by atoms with Crippen molar-refractivity contribution in [3.63, 3.8) is 0 Å². The molecule has 1 aliphatic heterocycles. The third-order valence-corrected chi connectivity index (χ3v) is 20.4.